The molecule has 0 bridgehead atoms. The summed E-state index contributed by atoms with van der Waals surface area (Å²) in [6.45, 7) is 9.75. The van der Waals surface area contributed by atoms with Crippen molar-refractivity contribution in [1.29, 1.82) is 0 Å². The monoisotopic (exact) mass is 577 g/mol. The lowest BCUT2D eigenvalue weighted by Crippen LogP contribution is -2.46. The zero-order chi connectivity index (χ0) is 29.3. The topological polar surface area (TPSA) is 36.4 Å². The number of pyridine rings is 1. The van der Waals surface area contributed by atoms with Crippen LogP contribution in [0.15, 0.2) is 94.9 Å². The quantitative estimate of drug-likeness (QED) is 0.233. The Hall–Kier alpha value is -3.74. The zero-order valence-electron chi connectivity index (χ0n) is 24.4. The molecule has 0 radical (unpaired) electrons. The summed E-state index contributed by atoms with van der Waals surface area (Å²) in [7, 11) is 0. The van der Waals surface area contributed by atoms with Gasteiger partial charge in [-0.2, -0.15) is 0 Å². The number of hydrogen-bond acceptors (Lipinski definition) is 4. The Balaban J connectivity index is 1.24. The standard InChI is InChI=1S/C36H36FN3OS/c1-25-6-7-28(26(2)21-25)5-4-18-39-19-15-36(16-20-39)24-40(35(41)29-14-17-38-27(3)22-29)34-13-12-32(23-33(34)36)42-31-10-8-30(37)9-11-31/h4-14,17,21-23H,15-16,18-20,24H2,1-3H3. The van der Waals surface area contributed by atoms with Crippen LogP contribution in [0.5, 0.6) is 0 Å². The molecule has 6 heteroatoms. The van der Waals surface area contributed by atoms with E-state index in [9.17, 15) is 9.18 Å². The molecular formula is C36H36FN3OS. The van der Waals surface area contributed by atoms with E-state index in [-0.39, 0.29) is 17.1 Å². The number of piperidine rings is 1. The average Bonchev–Trinajstić information content (AvgIpc) is 3.29. The molecular weight excluding hydrogens is 541 g/mol. The number of anilines is 1. The fourth-order valence-corrected chi connectivity index (χ4v) is 7.16. The van der Waals surface area contributed by atoms with Gasteiger partial charge in [0, 0.05) is 51.4 Å². The highest BCUT2D eigenvalue weighted by atomic mass is 32.2. The molecule has 0 atom stereocenters. The minimum atomic E-state index is -0.233. The molecule has 0 unspecified atom stereocenters. The lowest BCUT2D eigenvalue weighted by molar-refractivity contribution is 0.0977. The van der Waals surface area contributed by atoms with Crippen LogP contribution in [0.4, 0.5) is 10.1 Å². The van der Waals surface area contributed by atoms with Crippen molar-refractivity contribution in [2.75, 3.05) is 31.1 Å². The number of halogens is 1. The Morgan fingerprint density at radius 2 is 1.71 bits per heavy atom. The fourth-order valence-electron chi connectivity index (χ4n) is 6.30. The highest BCUT2D eigenvalue weighted by Crippen LogP contribution is 2.49. The molecule has 3 heterocycles. The Kier molecular flexibility index (Phi) is 8.02. The summed E-state index contributed by atoms with van der Waals surface area (Å²) in [5, 5.41) is 0. The van der Waals surface area contributed by atoms with E-state index in [2.05, 4.69) is 72.3 Å². The first-order valence-electron chi connectivity index (χ1n) is 14.6. The molecule has 0 saturated carbocycles. The van der Waals surface area contributed by atoms with Crippen molar-refractivity contribution in [3.63, 3.8) is 0 Å². The van der Waals surface area contributed by atoms with Gasteiger partial charge in [-0.05, 0) is 118 Å². The third kappa shape index (κ3) is 5.92. The first kappa shape index (κ1) is 28.4. The second-order valence-electron chi connectivity index (χ2n) is 11.7. The summed E-state index contributed by atoms with van der Waals surface area (Å²) in [6, 6.07) is 23.3. The van der Waals surface area contributed by atoms with Crippen molar-refractivity contribution in [3.8, 4) is 0 Å². The molecule has 1 amide bonds. The molecule has 0 aliphatic carbocycles. The van der Waals surface area contributed by atoms with Gasteiger partial charge in [-0.1, -0.05) is 47.7 Å². The summed E-state index contributed by atoms with van der Waals surface area (Å²) in [5.74, 6) is -0.209. The third-order valence-electron chi connectivity index (χ3n) is 8.63. The van der Waals surface area contributed by atoms with Gasteiger partial charge in [0.15, 0.2) is 0 Å². The van der Waals surface area contributed by atoms with Crippen molar-refractivity contribution in [2.24, 2.45) is 0 Å². The first-order valence-corrected chi connectivity index (χ1v) is 15.4. The van der Waals surface area contributed by atoms with Gasteiger partial charge in [-0.15, -0.1) is 0 Å². The summed E-state index contributed by atoms with van der Waals surface area (Å²) in [6.07, 6.45) is 8.20. The molecule has 1 saturated heterocycles. The second-order valence-corrected chi connectivity index (χ2v) is 12.8. The van der Waals surface area contributed by atoms with Crippen molar-refractivity contribution in [2.45, 2.75) is 48.8 Å². The van der Waals surface area contributed by atoms with Crippen LogP contribution in [0.2, 0.25) is 0 Å². The largest absolute Gasteiger partial charge is 0.307 e. The highest BCUT2D eigenvalue weighted by Gasteiger charge is 2.46. The molecule has 4 aromatic rings. The van der Waals surface area contributed by atoms with Crippen LogP contribution < -0.4 is 4.90 Å². The fraction of sp³-hybridized carbons (Fsp3) is 0.278. The number of benzene rings is 3. The second kappa shape index (κ2) is 11.9. The lowest BCUT2D eigenvalue weighted by Gasteiger charge is -2.39. The maximum absolute atomic E-state index is 13.8. The molecule has 1 spiro atoms. The van der Waals surface area contributed by atoms with Gasteiger partial charge < -0.3 is 4.90 Å². The molecule has 6 rings (SSSR count). The van der Waals surface area contributed by atoms with E-state index in [1.54, 1.807) is 18.0 Å². The van der Waals surface area contributed by atoms with Crippen LogP contribution in [-0.2, 0) is 5.41 Å². The van der Waals surface area contributed by atoms with Crippen LogP contribution in [0, 0.1) is 26.6 Å². The van der Waals surface area contributed by atoms with Crippen LogP contribution in [-0.4, -0.2) is 42.0 Å². The van der Waals surface area contributed by atoms with Crippen LogP contribution in [0.3, 0.4) is 0 Å². The average molecular weight is 578 g/mol. The summed E-state index contributed by atoms with van der Waals surface area (Å²) in [5.41, 5.74) is 7.52. The van der Waals surface area contributed by atoms with Crippen LogP contribution >= 0.6 is 11.8 Å². The van der Waals surface area contributed by atoms with Gasteiger partial charge in [0.2, 0.25) is 0 Å². The smallest absolute Gasteiger partial charge is 0.258 e. The van der Waals surface area contributed by atoms with Crippen molar-refractivity contribution >= 4 is 29.4 Å². The molecule has 2 aliphatic rings. The van der Waals surface area contributed by atoms with E-state index in [1.807, 2.05) is 36.1 Å². The van der Waals surface area contributed by atoms with Gasteiger partial charge in [0.05, 0.1) is 0 Å². The molecule has 2 aliphatic heterocycles. The number of hydrogen-bond donors (Lipinski definition) is 0. The molecule has 42 heavy (non-hydrogen) atoms. The van der Waals surface area contributed by atoms with E-state index < -0.39 is 0 Å². The third-order valence-corrected chi connectivity index (χ3v) is 9.63. The summed E-state index contributed by atoms with van der Waals surface area (Å²) < 4.78 is 13.5. The minimum absolute atomic E-state index is 0.0244. The van der Waals surface area contributed by atoms with E-state index in [4.69, 9.17) is 0 Å². The van der Waals surface area contributed by atoms with E-state index >= 15 is 0 Å². The maximum atomic E-state index is 13.8. The van der Waals surface area contributed by atoms with Gasteiger partial charge in [-0.25, -0.2) is 4.39 Å². The Morgan fingerprint density at radius 1 is 0.952 bits per heavy atom. The SMILES string of the molecule is Cc1ccc(C=CCN2CCC3(CC2)CN(C(=O)c2ccnc(C)c2)c2ccc(Sc4ccc(F)cc4)cc23)c(C)c1. The molecule has 4 nitrogen and oxygen atoms in total. The Labute approximate surface area is 252 Å². The van der Waals surface area contributed by atoms with Gasteiger partial charge >= 0.3 is 0 Å². The number of fused-ring (bicyclic) bond motifs is 2. The molecule has 1 aromatic heterocycles. The normalized spacial score (nSPS) is 16.3. The molecule has 0 N–H and O–H groups in total. The predicted molar refractivity (Wildman–Crippen MR) is 170 cm³/mol. The van der Waals surface area contributed by atoms with Crippen molar-refractivity contribution in [1.82, 2.24) is 9.88 Å². The number of carbonyl (C=O) groups excluding carboxylic acids is 1. The summed E-state index contributed by atoms with van der Waals surface area (Å²) >= 11 is 1.63. The van der Waals surface area contributed by atoms with E-state index in [1.165, 1.54) is 34.4 Å². The predicted octanol–water partition coefficient (Wildman–Crippen LogP) is 8.00. The molecule has 1 fully saturated rings. The number of carbonyl (C=O) groups is 1. The van der Waals surface area contributed by atoms with Gasteiger partial charge in [0.25, 0.3) is 5.91 Å². The van der Waals surface area contributed by atoms with Crippen LogP contribution in [0.1, 0.15) is 51.1 Å². The van der Waals surface area contributed by atoms with E-state index in [0.717, 1.165) is 53.6 Å². The minimum Gasteiger partial charge on any atom is -0.307 e. The first-order chi connectivity index (χ1) is 20.3. The number of likely N-dealkylation sites (tertiary alicyclic amines) is 1. The molecule has 214 valence electrons. The molecule has 3 aromatic carbocycles. The van der Waals surface area contributed by atoms with E-state index in [0.29, 0.717) is 12.1 Å². The number of aromatic nitrogens is 1. The Morgan fingerprint density at radius 3 is 2.45 bits per heavy atom. The van der Waals surface area contributed by atoms with Gasteiger partial charge in [-0.3, -0.25) is 14.7 Å². The van der Waals surface area contributed by atoms with Crippen LogP contribution in [0.25, 0.3) is 6.08 Å². The number of rotatable bonds is 6. The van der Waals surface area contributed by atoms with Crippen molar-refractivity contribution < 1.29 is 9.18 Å². The lowest BCUT2D eigenvalue weighted by atomic mass is 9.74. The zero-order valence-corrected chi connectivity index (χ0v) is 25.3. The van der Waals surface area contributed by atoms with Crippen molar-refractivity contribution in [3.05, 3.63) is 124 Å². The summed E-state index contributed by atoms with van der Waals surface area (Å²) in [4.78, 5) is 24.7. The van der Waals surface area contributed by atoms with Gasteiger partial charge in [0.1, 0.15) is 5.82 Å². The number of nitrogens with zero attached hydrogens (tertiary/aromatic N) is 3. The number of aryl methyl sites for hydroxylation is 3. The number of amides is 1. The Bertz CT molecular complexity index is 1640. The highest BCUT2D eigenvalue weighted by molar-refractivity contribution is 7.99. The maximum Gasteiger partial charge on any atom is 0.258 e.